The topological polar surface area (TPSA) is 41.1 Å². The minimum atomic E-state index is 0.827. The monoisotopic (exact) mass is 220 g/mol. The van der Waals surface area contributed by atoms with Gasteiger partial charge in [0.15, 0.2) is 0 Å². The first-order chi connectivity index (χ1) is 7.75. The molecule has 0 saturated carbocycles. The molecule has 88 valence electrons. The molecule has 0 aromatic carbocycles. The summed E-state index contributed by atoms with van der Waals surface area (Å²) in [4.78, 5) is 10.8. The average Bonchev–Trinajstić information content (AvgIpc) is 2.80. The maximum absolute atomic E-state index is 4.32. The van der Waals surface area contributed by atoms with Gasteiger partial charge < -0.3 is 10.2 Å². The summed E-state index contributed by atoms with van der Waals surface area (Å²) in [5, 5.41) is 3.39. The second-order valence-corrected chi connectivity index (χ2v) is 4.63. The molecular formula is C12H20N4. The normalized spacial score (nSPS) is 20.0. The molecule has 0 amide bonds. The molecule has 4 heteroatoms. The number of aromatic nitrogens is 2. The summed E-state index contributed by atoms with van der Waals surface area (Å²) in [6, 6.07) is 0. The molecule has 0 radical (unpaired) electrons. The highest BCUT2D eigenvalue weighted by Gasteiger charge is 2.15. The standard InChI is InChI=1S/C12H20N4/c1-10-7-14-12(15-8-10)16(2)6-4-11-3-5-13-9-11/h7-8,11,13H,3-6,9H2,1-2H3. The van der Waals surface area contributed by atoms with Gasteiger partial charge in [-0.1, -0.05) is 0 Å². The summed E-state index contributed by atoms with van der Waals surface area (Å²) in [5.41, 5.74) is 1.11. The van der Waals surface area contributed by atoms with E-state index in [2.05, 4.69) is 27.2 Å². The molecule has 1 saturated heterocycles. The van der Waals surface area contributed by atoms with E-state index in [0.717, 1.165) is 24.0 Å². The van der Waals surface area contributed by atoms with Crippen molar-refractivity contribution in [3.63, 3.8) is 0 Å². The van der Waals surface area contributed by atoms with Crippen LogP contribution in [-0.2, 0) is 0 Å². The highest BCUT2D eigenvalue weighted by molar-refractivity contribution is 5.27. The fourth-order valence-electron chi connectivity index (χ4n) is 2.02. The van der Waals surface area contributed by atoms with E-state index in [0.29, 0.717) is 0 Å². The van der Waals surface area contributed by atoms with Crippen molar-refractivity contribution in [2.75, 3.05) is 31.6 Å². The molecule has 1 unspecified atom stereocenters. The summed E-state index contributed by atoms with van der Waals surface area (Å²) in [6.45, 7) is 5.39. The molecular weight excluding hydrogens is 200 g/mol. The van der Waals surface area contributed by atoms with Gasteiger partial charge in [0.25, 0.3) is 0 Å². The molecule has 1 aliphatic heterocycles. The second-order valence-electron chi connectivity index (χ2n) is 4.63. The van der Waals surface area contributed by atoms with Gasteiger partial charge in [-0.15, -0.1) is 0 Å². The molecule has 1 fully saturated rings. The lowest BCUT2D eigenvalue weighted by Crippen LogP contribution is -2.23. The number of hydrogen-bond acceptors (Lipinski definition) is 4. The summed E-state index contributed by atoms with van der Waals surface area (Å²) in [5.74, 6) is 1.66. The van der Waals surface area contributed by atoms with Crippen molar-refractivity contribution in [2.45, 2.75) is 19.8 Å². The van der Waals surface area contributed by atoms with Gasteiger partial charge in [0.05, 0.1) is 0 Å². The Balaban J connectivity index is 1.82. The van der Waals surface area contributed by atoms with Gasteiger partial charge in [0.2, 0.25) is 5.95 Å². The summed E-state index contributed by atoms with van der Waals surface area (Å²) < 4.78 is 0. The smallest absolute Gasteiger partial charge is 0.224 e. The van der Waals surface area contributed by atoms with Crippen molar-refractivity contribution in [2.24, 2.45) is 5.92 Å². The maximum atomic E-state index is 4.32. The van der Waals surface area contributed by atoms with Gasteiger partial charge in [0.1, 0.15) is 0 Å². The SMILES string of the molecule is Cc1cnc(N(C)CCC2CCNC2)nc1. The minimum absolute atomic E-state index is 0.827. The van der Waals surface area contributed by atoms with E-state index in [1.807, 2.05) is 19.3 Å². The Morgan fingerprint density at radius 3 is 2.81 bits per heavy atom. The van der Waals surface area contributed by atoms with Crippen molar-refractivity contribution in [3.8, 4) is 0 Å². The zero-order chi connectivity index (χ0) is 11.4. The highest BCUT2D eigenvalue weighted by Crippen LogP contribution is 2.14. The molecule has 1 aliphatic rings. The van der Waals surface area contributed by atoms with Gasteiger partial charge in [-0.2, -0.15) is 0 Å². The van der Waals surface area contributed by atoms with E-state index >= 15 is 0 Å². The van der Waals surface area contributed by atoms with Crippen LogP contribution >= 0.6 is 0 Å². The Morgan fingerprint density at radius 2 is 2.19 bits per heavy atom. The number of hydrogen-bond donors (Lipinski definition) is 1. The quantitative estimate of drug-likeness (QED) is 0.828. The van der Waals surface area contributed by atoms with Crippen LogP contribution in [0.5, 0.6) is 0 Å². The molecule has 2 rings (SSSR count). The van der Waals surface area contributed by atoms with E-state index < -0.39 is 0 Å². The Bertz CT molecular complexity index is 316. The van der Waals surface area contributed by atoms with Crippen LogP contribution in [0.4, 0.5) is 5.95 Å². The van der Waals surface area contributed by atoms with Crippen molar-refractivity contribution in [1.82, 2.24) is 15.3 Å². The first-order valence-corrected chi connectivity index (χ1v) is 5.96. The zero-order valence-corrected chi connectivity index (χ0v) is 10.1. The van der Waals surface area contributed by atoms with Crippen LogP contribution in [0.3, 0.4) is 0 Å². The van der Waals surface area contributed by atoms with Gasteiger partial charge in [-0.25, -0.2) is 9.97 Å². The number of aryl methyl sites for hydroxylation is 1. The van der Waals surface area contributed by atoms with Crippen LogP contribution < -0.4 is 10.2 Å². The molecule has 16 heavy (non-hydrogen) atoms. The van der Waals surface area contributed by atoms with Gasteiger partial charge >= 0.3 is 0 Å². The number of anilines is 1. The highest BCUT2D eigenvalue weighted by atomic mass is 15.2. The molecule has 0 aliphatic carbocycles. The van der Waals surface area contributed by atoms with E-state index in [-0.39, 0.29) is 0 Å². The van der Waals surface area contributed by atoms with Crippen LogP contribution in [0.1, 0.15) is 18.4 Å². The molecule has 1 atom stereocenters. The first-order valence-electron chi connectivity index (χ1n) is 5.96. The lowest BCUT2D eigenvalue weighted by Gasteiger charge is -2.18. The fourth-order valence-corrected chi connectivity index (χ4v) is 2.02. The van der Waals surface area contributed by atoms with E-state index in [4.69, 9.17) is 0 Å². The number of rotatable bonds is 4. The first kappa shape index (κ1) is 11.3. The molecule has 0 bridgehead atoms. The molecule has 1 aromatic heterocycles. The third kappa shape index (κ3) is 2.92. The lowest BCUT2D eigenvalue weighted by atomic mass is 10.1. The van der Waals surface area contributed by atoms with Crippen LogP contribution in [-0.4, -0.2) is 36.6 Å². The number of nitrogens with one attached hydrogen (secondary N) is 1. The van der Waals surface area contributed by atoms with Crippen molar-refractivity contribution in [3.05, 3.63) is 18.0 Å². The van der Waals surface area contributed by atoms with Crippen molar-refractivity contribution >= 4 is 5.95 Å². The lowest BCUT2D eigenvalue weighted by molar-refractivity contribution is 0.531. The summed E-state index contributed by atoms with van der Waals surface area (Å²) in [7, 11) is 2.06. The Labute approximate surface area is 97.1 Å². The molecule has 1 aromatic rings. The Morgan fingerprint density at radius 1 is 1.44 bits per heavy atom. The minimum Gasteiger partial charge on any atom is -0.344 e. The summed E-state index contributed by atoms with van der Waals surface area (Å²) >= 11 is 0. The zero-order valence-electron chi connectivity index (χ0n) is 10.1. The average molecular weight is 220 g/mol. The maximum Gasteiger partial charge on any atom is 0.224 e. The molecule has 1 N–H and O–H groups in total. The Kier molecular flexibility index (Phi) is 3.72. The molecule has 4 nitrogen and oxygen atoms in total. The molecule has 2 heterocycles. The van der Waals surface area contributed by atoms with Crippen molar-refractivity contribution in [1.29, 1.82) is 0 Å². The van der Waals surface area contributed by atoms with Crippen LogP contribution in [0.25, 0.3) is 0 Å². The van der Waals surface area contributed by atoms with Crippen LogP contribution in [0.15, 0.2) is 12.4 Å². The van der Waals surface area contributed by atoms with Crippen LogP contribution in [0.2, 0.25) is 0 Å². The predicted molar refractivity (Wildman–Crippen MR) is 65.6 cm³/mol. The predicted octanol–water partition coefficient (Wildman–Crippen LogP) is 1.22. The third-order valence-electron chi connectivity index (χ3n) is 3.14. The third-order valence-corrected chi connectivity index (χ3v) is 3.14. The van der Waals surface area contributed by atoms with Gasteiger partial charge in [0, 0.05) is 26.0 Å². The van der Waals surface area contributed by atoms with Crippen molar-refractivity contribution < 1.29 is 0 Å². The fraction of sp³-hybridized carbons (Fsp3) is 0.667. The van der Waals surface area contributed by atoms with Gasteiger partial charge in [-0.3, -0.25) is 0 Å². The second kappa shape index (κ2) is 5.25. The van der Waals surface area contributed by atoms with Gasteiger partial charge in [-0.05, 0) is 44.3 Å². The largest absolute Gasteiger partial charge is 0.344 e. The molecule has 0 spiro atoms. The Hall–Kier alpha value is -1.16. The summed E-state index contributed by atoms with van der Waals surface area (Å²) in [6.07, 6.45) is 6.27. The van der Waals surface area contributed by atoms with E-state index in [1.54, 1.807) is 0 Å². The van der Waals surface area contributed by atoms with Crippen LogP contribution in [0, 0.1) is 12.8 Å². The number of nitrogens with zero attached hydrogens (tertiary/aromatic N) is 3. The van der Waals surface area contributed by atoms with E-state index in [9.17, 15) is 0 Å². The van der Waals surface area contributed by atoms with E-state index in [1.165, 1.54) is 25.9 Å².